The average Bonchev–Trinajstić information content (AvgIpc) is 3.53. The molecule has 2 aromatic heterocycles. The van der Waals surface area contributed by atoms with E-state index in [1.807, 2.05) is 18.2 Å². The maximum atomic E-state index is 14.9. The Morgan fingerprint density at radius 1 is 1.25 bits per heavy atom. The van der Waals surface area contributed by atoms with Crippen LogP contribution in [0.3, 0.4) is 0 Å². The number of carboxylic acids is 1. The van der Waals surface area contributed by atoms with Gasteiger partial charge in [0.1, 0.15) is 11.5 Å². The van der Waals surface area contributed by atoms with Gasteiger partial charge >= 0.3 is 5.97 Å². The number of carboxylic acid groups (broad SMARTS) is 1. The molecule has 5 rings (SSSR count). The number of aromatic nitrogens is 5. The van der Waals surface area contributed by atoms with E-state index >= 15 is 0 Å². The molecular weight excluding hydrogens is 415 g/mol. The van der Waals surface area contributed by atoms with Crippen LogP contribution in [-0.2, 0) is 4.79 Å². The summed E-state index contributed by atoms with van der Waals surface area (Å²) in [6, 6.07) is 9.54. The predicted octanol–water partition coefficient (Wildman–Crippen LogP) is 3.03. The number of para-hydroxylation sites is 1. The molecule has 4 aromatic rings. The molecule has 2 N–H and O–H groups in total. The Morgan fingerprint density at radius 2 is 2.12 bits per heavy atom. The molecule has 3 heterocycles. The Kier molecular flexibility index (Phi) is 4.89. The van der Waals surface area contributed by atoms with Crippen LogP contribution in [0.15, 0.2) is 48.8 Å². The molecule has 2 aromatic carbocycles. The Bertz CT molecular complexity index is 1330. The molecule has 0 aliphatic carbocycles. The highest BCUT2D eigenvalue weighted by molar-refractivity contribution is 5.95. The molecule has 0 radical (unpaired) electrons. The van der Waals surface area contributed by atoms with Crippen LogP contribution in [0.2, 0.25) is 0 Å². The van der Waals surface area contributed by atoms with Gasteiger partial charge in [0.2, 0.25) is 0 Å². The summed E-state index contributed by atoms with van der Waals surface area (Å²) in [6.45, 7) is 0.422. The largest absolute Gasteiger partial charge is 0.481 e. The van der Waals surface area contributed by atoms with Crippen LogP contribution in [-0.4, -0.2) is 59.7 Å². The third-order valence-electron chi connectivity index (χ3n) is 5.74. The minimum atomic E-state index is -0.973. The Hall–Kier alpha value is -4.08. The number of rotatable bonds is 5. The van der Waals surface area contributed by atoms with Crippen molar-refractivity contribution in [2.45, 2.75) is 25.3 Å². The van der Waals surface area contributed by atoms with Gasteiger partial charge in [0.15, 0.2) is 0 Å². The molecule has 0 spiro atoms. The number of carbonyl (C=O) groups excluding carboxylic acids is 1. The quantitative estimate of drug-likeness (QED) is 0.499. The second kappa shape index (κ2) is 7.88. The molecule has 1 aliphatic rings. The smallest absolute Gasteiger partial charge is 0.305 e. The van der Waals surface area contributed by atoms with Crippen molar-refractivity contribution in [2.75, 3.05) is 6.54 Å². The molecule has 1 fully saturated rings. The van der Waals surface area contributed by atoms with Gasteiger partial charge < -0.3 is 10.0 Å². The molecule has 1 aliphatic heterocycles. The fourth-order valence-corrected chi connectivity index (χ4v) is 4.18. The zero-order valence-corrected chi connectivity index (χ0v) is 16.9. The van der Waals surface area contributed by atoms with E-state index in [0.717, 1.165) is 16.6 Å². The molecule has 32 heavy (non-hydrogen) atoms. The molecule has 0 saturated carbocycles. The number of nitrogens with one attached hydrogen (secondary N) is 1. The van der Waals surface area contributed by atoms with Gasteiger partial charge in [0.05, 0.1) is 35.6 Å². The van der Waals surface area contributed by atoms with Crippen molar-refractivity contribution in [1.82, 2.24) is 30.1 Å². The maximum absolute atomic E-state index is 14.9. The summed E-state index contributed by atoms with van der Waals surface area (Å²) in [4.78, 5) is 25.4. The van der Waals surface area contributed by atoms with E-state index in [1.54, 1.807) is 23.1 Å². The van der Waals surface area contributed by atoms with Crippen molar-refractivity contribution >= 4 is 22.8 Å². The van der Waals surface area contributed by atoms with E-state index in [0.29, 0.717) is 30.6 Å². The lowest BCUT2D eigenvalue weighted by molar-refractivity contribution is -0.137. The SMILES string of the molecule is O=C(O)C[C@@H]1CCCN1C(=O)c1ccc(-c2cn(-c3cccc4cn[nH]c34)nn2)cc1F. The van der Waals surface area contributed by atoms with E-state index in [4.69, 9.17) is 5.11 Å². The Morgan fingerprint density at radius 3 is 2.94 bits per heavy atom. The first-order valence-corrected chi connectivity index (χ1v) is 10.2. The Labute approximate surface area is 181 Å². The van der Waals surface area contributed by atoms with E-state index in [-0.39, 0.29) is 12.0 Å². The van der Waals surface area contributed by atoms with Crippen LogP contribution in [0.5, 0.6) is 0 Å². The van der Waals surface area contributed by atoms with E-state index in [2.05, 4.69) is 20.5 Å². The summed E-state index contributed by atoms with van der Waals surface area (Å²) in [5.41, 5.74) is 2.40. The highest BCUT2D eigenvalue weighted by Gasteiger charge is 2.32. The van der Waals surface area contributed by atoms with Crippen molar-refractivity contribution in [2.24, 2.45) is 0 Å². The number of likely N-dealkylation sites (tertiary alicyclic amines) is 1. The number of halogens is 1. The minimum Gasteiger partial charge on any atom is -0.481 e. The van der Waals surface area contributed by atoms with Crippen LogP contribution in [0.1, 0.15) is 29.6 Å². The molecule has 0 unspecified atom stereocenters. The van der Waals surface area contributed by atoms with Gasteiger partial charge in [-0.05, 0) is 31.0 Å². The number of H-pyrrole nitrogens is 1. The third-order valence-corrected chi connectivity index (χ3v) is 5.74. The van der Waals surface area contributed by atoms with Crippen molar-refractivity contribution in [1.29, 1.82) is 0 Å². The van der Waals surface area contributed by atoms with Gasteiger partial charge in [0, 0.05) is 23.5 Å². The predicted molar refractivity (Wildman–Crippen MR) is 113 cm³/mol. The molecule has 162 valence electrons. The summed E-state index contributed by atoms with van der Waals surface area (Å²) in [7, 11) is 0. The van der Waals surface area contributed by atoms with Crippen LogP contribution >= 0.6 is 0 Å². The molecule has 1 amide bonds. The first-order chi connectivity index (χ1) is 15.5. The maximum Gasteiger partial charge on any atom is 0.305 e. The second-order valence-electron chi connectivity index (χ2n) is 7.75. The van der Waals surface area contributed by atoms with E-state index < -0.39 is 23.7 Å². The lowest BCUT2D eigenvalue weighted by atomic mass is 10.1. The number of benzene rings is 2. The first kappa shape index (κ1) is 19.9. The third kappa shape index (κ3) is 3.49. The number of fused-ring (bicyclic) bond motifs is 1. The van der Waals surface area contributed by atoms with Gasteiger partial charge in [-0.2, -0.15) is 5.10 Å². The van der Waals surface area contributed by atoms with Crippen molar-refractivity contribution < 1.29 is 19.1 Å². The average molecular weight is 434 g/mol. The molecular formula is C22H19FN6O3. The van der Waals surface area contributed by atoms with Crippen LogP contribution in [0.25, 0.3) is 27.8 Å². The fourth-order valence-electron chi connectivity index (χ4n) is 4.18. The summed E-state index contributed by atoms with van der Waals surface area (Å²) < 4.78 is 16.5. The molecule has 1 atom stereocenters. The normalized spacial score (nSPS) is 16.0. The van der Waals surface area contributed by atoms with Gasteiger partial charge in [-0.15, -0.1) is 5.10 Å². The number of nitrogens with zero attached hydrogens (tertiary/aromatic N) is 5. The topological polar surface area (TPSA) is 117 Å². The molecule has 9 nitrogen and oxygen atoms in total. The number of hydrogen-bond acceptors (Lipinski definition) is 5. The number of aliphatic carboxylic acids is 1. The van der Waals surface area contributed by atoms with Gasteiger partial charge in [0.25, 0.3) is 5.91 Å². The molecule has 1 saturated heterocycles. The second-order valence-corrected chi connectivity index (χ2v) is 7.75. The van der Waals surface area contributed by atoms with Crippen molar-refractivity contribution in [3.05, 3.63) is 60.2 Å². The van der Waals surface area contributed by atoms with Crippen molar-refractivity contribution in [3.8, 4) is 16.9 Å². The minimum absolute atomic E-state index is 0.0827. The van der Waals surface area contributed by atoms with E-state index in [1.165, 1.54) is 17.0 Å². The van der Waals surface area contributed by atoms with Gasteiger partial charge in [-0.3, -0.25) is 14.7 Å². The molecule has 0 bridgehead atoms. The number of aromatic amines is 1. The fraction of sp³-hybridized carbons (Fsp3) is 0.227. The summed E-state index contributed by atoms with van der Waals surface area (Å²) in [5, 5.41) is 25.2. The monoisotopic (exact) mass is 434 g/mol. The highest BCUT2D eigenvalue weighted by atomic mass is 19.1. The summed E-state index contributed by atoms with van der Waals surface area (Å²) >= 11 is 0. The van der Waals surface area contributed by atoms with E-state index in [9.17, 15) is 14.0 Å². The zero-order valence-electron chi connectivity index (χ0n) is 16.9. The van der Waals surface area contributed by atoms with Crippen molar-refractivity contribution in [3.63, 3.8) is 0 Å². The molecule has 10 heteroatoms. The highest BCUT2D eigenvalue weighted by Crippen LogP contribution is 2.27. The zero-order chi connectivity index (χ0) is 22.2. The summed E-state index contributed by atoms with van der Waals surface area (Å²) in [6.07, 6.45) is 4.55. The standard InChI is InChI=1S/C22H19FN6O3/c23-17-9-13(6-7-16(17)22(32)28-8-2-4-15(28)10-20(30)31)18-12-29(27-25-18)19-5-1-3-14-11-24-26-21(14)19/h1,3,5-7,9,11-12,15H,2,4,8,10H2,(H,24,26)(H,30,31)/t15-/m0/s1. The van der Waals surface area contributed by atoms with Crippen LogP contribution < -0.4 is 0 Å². The van der Waals surface area contributed by atoms with Gasteiger partial charge in [-0.1, -0.05) is 23.4 Å². The lowest BCUT2D eigenvalue weighted by Crippen LogP contribution is -2.37. The van der Waals surface area contributed by atoms with Crippen LogP contribution in [0, 0.1) is 5.82 Å². The number of carbonyl (C=O) groups is 2. The summed E-state index contributed by atoms with van der Waals surface area (Å²) in [5.74, 6) is -2.15. The Balaban J connectivity index is 1.41. The van der Waals surface area contributed by atoms with Gasteiger partial charge in [-0.25, -0.2) is 9.07 Å². The number of amides is 1. The number of hydrogen-bond donors (Lipinski definition) is 2. The first-order valence-electron chi connectivity index (χ1n) is 10.2. The lowest BCUT2D eigenvalue weighted by Gasteiger charge is -2.23. The van der Waals surface area contributed by atoms with Crippen LogP contribution in [0.4, 0.5) is 4.39 Å².